The van der Waals surface area contributed by atoms with Crippen LogP contribution in [-0.4, -0.2) is 36.7 Å². The van der Waals surface area contributed by atoms with Crippen molar-refractivity contribution >= 4 is 6.03 Å². The molecule has 1 N–H and O–H groups in total. The minimum Gasteiger partial charge on any atom is -0.467 e. The number of likely N-dealkylation sites (tertiary alicyclic amines) is 1. The first kappa shape index (κ1) is 17.9. The number of amides is 2. The van der Waals surface area contributed by atoms with Gasteiger partial charge in [0, 0.05) is 25.8 Å². The molecule has 2 saturated heterocycles. The first-order valence-electron chi connectivity index (χ1n) is 10.4. The van der Waals surface area contributed by atoms with Crippen LogP contribution in [0.5, 0.6) is 0 Å². The van der Waals surface area contributed by atoms with E-state index in [1.54, 1.807) is 6.26 Å². The van der Waals surface area contributed by atoms with Crippen molar-refractivity contribution in [1.82, 2.24) is 10.2 Å². The molecule has 4 rings (SSSR count). The summed E-state index contributed by atoms with van der Waals surface area (Å²) in [7, 11) is 0. The van der Waals surface area contributed by atoms with Gasteiger partial charge in [-0.3, -0.25) is 0 Å². The highest BCUT2D eigenvalue weighted by atomic mass is 16.5. The van der Waals surface area contributed by atoms with E-state index >= 15 is 0 Å². The van der Waals surface area contributed by atoms with Crippen LogP contribution < -0.4 is 5.32 Å². The Bertz CT molecular complexity index is 570. The Labute approximate surface area is 156 Å². The van der Waals surface area contributed by atoms with E-state index in [0.717, 1.165) is 57.6 Å². The minimum atomic E-state index is 0.0814. The van der Waals surface area contributed by atoms with Gasteiger partial charge in [-0.05, 0) is 68.9 Å². The van der Waals surface area contributed by atoms with Crippen LogP contribution in [0.2, 0.25) is 0 Å². The minimum absolute atomic E-state index is 0.0814. The highest BCUT2D eigenvalue weighted by Crippen LogP contribution is 2.44. The first-order chi connectivity index (χ1) is 12.8. The van der Waals surface area contributed by atoms with Crippen LogP contribution in [0.25, 0.3) is 0 Å². The molecule has 1 aromatic rings. The highest BCUT2D eigenvalue weighted by molar-refractivity contribution is 5.75. The fraction of sp³-hybridized carbons (Fsp3) is 0.762. The molecule has 5 heteroatoms. The summed E-state index contributed by atoms with van der Waals surface area (Å²) in [5.41, 5.74) is 0.485. The van der Waals surface area contributed by atoms with Crippen LogP contribution in [0.4, 0.5) is 4.79 Å². The van der Waals surface area contributed by atoms with Crippen LogP contribution in [-0.2, 0) is 4.74 Å². The zero-order valence-corrected chi connectivity index (χ0v) is 15.8. The van der Waals surface area contributed by atoms with Gasteiger partial charge in [-0.15, -0.1) is 0 Å². The Morgan fingerprint density at radius 1 is 1.08 bits per heavy atom. The number of nitrogens with zero attached hydrogens (tertiary/aromatic N) is 1. The van der Waals surface area contributed by atoms with E-state index in [1.807, 2.05) is 17.0 Å². The molecule has 1 unspecified atom stereocenters. The van der Waals surface area contributed by atoms with Gasteiger partial charge in [-0.1, -0.05) is 12.8 Å². The number of nitrogens with one attached hydrogen (secondary N) is 1. The van der Waals surface area contributed by atoms with Crippen molar-refractivity contribution in [3.8, 4) is 0 Å². The fourth-order valence-electron chi connectivity index (χ4n) is 5.06. The third-order valence-electron chi connectivity index (χ3n) is 6.81. The molecule has 26 heavy (non-hydrogen) atoms. The van der Waals surface area contributed by atoms with Crippen LogP contribution in [0, 0.1) is 5.41 Å². The molecule has 1 aromatic heterocycles. The Morgan fingerprint density at radius 3 is 2.62 bits per heavy atom. The van der Waals surface area contributed by atoms with E-state index in [9.17, 15) is 4.79 Å². The summed E-state index contributed by atoms with van der Waals surface area (Å²) in [6.07, 6.45) is 13.2. The normalized spacial score (nSPS) is 27.2. The first-order valence-corrected chi connectivity index (χ1v) is 10.4. The molecule has 2 amide bonds. The lowest BCUT2D eigenvalue weighted by Crippen LogP contribution is -2.48. The van der Waals surface area contributed by atoms with Gasteiger partial charge in [-0.25, -0.2) is 4.79 Å². The molecule has 1 saturated carbocycles. The average Bonchev–Trinajstić information content (AvgIpc) is 3.09. The topological polar surface area (TPSA) is 54.7 Å². The van der Waals surface area contributed by atoms with E-state index in [1.165, 1.54) is 32.1 Å². The lowest BCUT2D eigenvalue weighted by Gasteiger charge is -2.43. The largest absolute Gasteiger partial charge is 0.467 e. The number of rotatable bonds is 2. The van der Waals surface area contributed by atoms with Gasteiger partial charge in [0.1, 0.15) is 5.76 Å². The molecule has 2 aliphatic heterocycles. The van der Waals surface area contributed by atoms with E-state index in [0.29, 0.717) is 11.5 Å². The van der Waals surface area contributed by atoms with Crippen molar-refractivity contribution in [3.05, 3.63) is 24.2 Å². The number of hydrogen-bond donors (Lipinski definition) is 1. The second-order valence-corrected chi connectivity index (χ2v) is 8.41. The number of urea groups is 1. The summed E-state index contributed by atoms with van der Waals surface area (Å²) in [5, 5.41) is 3.34. The highest BCUT2D eigenvalue weighted by Gasteiger charge is 2.38. The number of furan rings is 1. The number of ether oxygens (including phenoxy) is 1. The third-order valence-corrected chi connectivity index (χ3v) is 6.81. The van der Waals surface area contributed by atoms with E-state index in [2.05, 4.69) is 5.32 Å². The lowest BCUT2D eigenvalue weighted by atomic mass is 9.68. The summed E-state index contributed by atoms with van der Waals surface area (Å²) in [6, 6.07) is 4.42. The van der Waals surface area contributed by atoms with Gasteiger partial charge in [0.2, 0.25) is 0 Å². The van der Waals surface area contributed by atoms with Gasteiger partial charge in [0.05, 0.1) is 12.3 Å². The molecule has 1 spiro atoms. The fourth-order valence-corrected chi connectivity index (χ4v) is 5.06. The Morgan fingerprint density at radius 2 is 1.88 bits per heavy atom. The van der Waals surface area contributed by atoms with Crippen molar-refractivity contribution in [2.24, 2.45) is 5.41 Å². The molecule has 1 aliphatic carbocycles. The molecular weight excluding hydrogens is 328 g/mol. The predicted molar refractivity (Wildman–Crippen MR) is 99.9 cm³/mol. The van der Waals surface area contributed by atoms with Gasteiger partial charge in [-0.2, -0.15) is 0 Å². The molecule has 5 nitrogen and oxygen atoms in total. The summed E-state index contributed by atoms with van der Waals surface area (Å²) >= 11 is 0. The molecule has 3 fully saturated rings. The molecular formula is C21H32N2O3. The van der Waals surface area contributed by atoms with Crippen LogP contribution in [0.3, 0.4) is 0 Å². The quantitative estimate of drug-likeness (QED) is 0.835. The summed E-state index contributed by atoms with van der Waals surface area (Å²) < 4.78 is 11.2. The standard InChI is InChI=1S/C21H32N2O3/c24-20(22-17-7-9-21(10-8-17)11-15-25-16-12-21)23-13-3-1-2-5-18(23)19-6-4-14-26-19/h4,6,14,17-18H,1-3,5,7-13,15-16H2,(H,22,24). The van der Waals surface area contributed by atoms with Gasteiger partial charge >= 0.3 is 6.03 Å². The average molecular weight is 360 g/mol. The number of carbonyl (C=O) groups excluding carboxylic acids is 1. The van der Waals surface area contributed by atoms with Crippen molar-refractivity contribution in [1.29, 1.82) is 0 Å². The van der Waals surface area contributed by atoms with Crippen LogP contribution >= 0.6 is 0 Å². The van der Waals surface area contributed by atoms with E-state index in [-0.39, 0.29) is 12.1 Å². The Balaban J connectivity index is 1.36. The maximum absolute atomic E-state index is 13.0. The molecule has 1 atom stereocenters. The maximum Gasteiger partial charge on any atom is 0.318 e. The summed E-state index contributed by atoms with van der Waals surface area (Å²) in [4.78, 5) is 15.1. The smallest absolute Gasteiger partial charge is 0.318 e. The van der Waals surface area contributed by atoms with Gasteiger partial charge < -0.3 is 19.4 Å². The molecule has 3 heterocycles. The second kappa shape index (κ2) is 8.03. The molecule has 3 aliphatic rings. The van der Waals surface area contributed by atoms with Crippen molar-refractivity contribution in [3.63, 3.8) is 0 Å². The zero-order chi connectivity index (χ0) is 17.8. The predicted octanol–water partition coefficient (Wildman–Crippen LogP) is 4.65. The number of hydrogen-bond acceptors (Lipinski definition) is 3. The van der Waals surface area contributed by atoms with Gasteiger partial charge in [0.25, 0.3) is 0 Å². The van der Waals surface area contributed by atoms with Crippen LogP contribution in [0.1, 0.15) is 76.0 Å². The third kappa shape index (κ3) is 3.93. The van der Waals surface area contributed by atoms with E-state index < -0.39 is 0 Å². The SMILES string of the molecule is O=C(NC1CCC2(CCOCC2)CC1)N1CCCCCC1c1ccco1. The summed E-state index contributed by atoms with van der Waals surface area (Å²) in [5.74, 6) is 0.923. The van der Waals surface area contributed by atoms with Crippen LogP contribution in [0.15, 0.2) is 22.8 Å². The molecule has 0 bridgehead atoms. The lowest BCUT2D eigenvalue weighted by molar-refractivity contribution is -0.00895. The molecule has 144 valence electrons. The second-order valence-electron chi connectivity index (χ2n) is 8.41. The van der Waals surface area contributed by atoms with Crippen molar-refractivity contribution in [2.45, 2.75) is 76.3 Å². The summed E-state index contributed by atoms with van der Waals surface area (Å²) in [6.45, 7) is 2.65. The van der Waals surface area contributed by atoms with Gasteiger partial charge in [0.15, 0.2) is 0 Å². The Kier molecular flexibility index (Phi) is 5.53. The molecule has 0 radical (unpaired) electrons. The zero-order valence-electron chi connectivity index (χ0n) is 15.8. The van der Waals surface area contributed by atoms with Crippen molar-refractivity contribution in [2.75, 3.05) is 19.8 Å². The molecule has 0 aromatic carbocycles. The van der Waals surface area contributed by atoms with E-state index in [4.69, 9.17) is 9.15 Å². The maximum atomic E-state index is 13.0. The number of carbonyl (C=O) groups is 1. The monoisotopic (exact) mass is 360 g/mol. The van der Waals surface area contributed by atoms with Crippen molar-refractivity contribution < 1.29 is 13.9 Å². The Hall–Kier alpha value is -1.49.